The minimum atomic E-state index is -1.00. The lowest BCUT2D eigenvalue weighted by molar-refractivity contribution is -0.135. The summed E-state index contributed by atoms with van der Waals surface area (Å²) < 4.78 is 4.61. The van der Waals surface area contributed by atoms with Crippen molar-refractivity contribution in [3.05, 3.63) is 11.1 Å². The van der Waals surface area contributed by atoms with Gasteiger partial charge in [-0.15, -0.1) is 22.9 Å². The van der Waals surface area contributed by atoms with Gasteiger partial charge in [0.2, 0.25) is 11.8 Å². The van der Waals surface area contributed by atoms with Gasteiger partial charge in [0.15, 0.2) is 10.8 Å². The molecule has 2 unspecified atom stereocenters. The molecular formula is C13H15ClN6O6S. The van der Waals surface area contributed by atoms with Crippen LogP contribution in [0.4, 0.5) is 9.93 Å². The van der Waals surface area contributed by atoms with Crippen LogP contribution < -0.4 is 21.7 Å². The molecule has 0 radical (unpaired) electrons. The van der Waals surface area contributed by atoms with Gasteiger partial charge in [-0.25, -0.2) is 9.78 Å². The second-order valence-corrected chi connectivity index (χ2v) is 6.16. The lowest BCUT2D eigenvalue weighted by Crippen LogP contribution is -2.71. The molecule has 1 aromatic rings. The Hall–Kier alpha value is -2.93. The highest BCUT2D eigenvalue weighted by molar-refractivity contribution is 7.14. The number of anilines is 1. The van der Waals surface area contributed by atoms with Crippen LogP contribution in [0.2, 0.25) is 0 Å². The number of ether oxygens (including phenoxy) is 1. The van der Waals surface area contributed by atoms with Crippen LogP contribution in [0, 0.1) is 0 Å². The van der Waals surface area contributed by atoms with Crippen molar-refractivity contribution in [1.29, 1.82) is 0 Å². The number of oxime groups is 1. The van der Waals surface area contributed by atoms with Crippen LogP contribution in [0.1, 0.15) is 5.69 Å². The predicted molar refractivity (Wildman–Crippen MR) is 94.4 cm³/mol. The van der Waals surface area contributed by atoms with E-state index in [2.05, 4.69) is 35.7 Å². The number of nitrogens with zero attached hydrogens (tertiary/aromatic N) is 2. The van der Waals surface area contributed by atoms with Crippen LogP contribution >= 0.6 is 22.9 Å². The summed E-state index contributed by atoms with van der Waals surface area (Å²) >= 11 is 6.45. The molecule has 5 N–H and O–H groups in total. The zero-order valence-corrected chi connectivity index (χ0v) is 15.4. The Labute approximate surface area is 161 Å². The monoisotopic (exact) mass is 418 g/mol. The number of carbonyl (C=O) groups is 4. The molecule has 2 heterocycles. The van der Waals surface area contributed by atoms with Crippen LogP contribution in [0.5, 0.6) is 0 Å². The SMILES string of the molecule is CO/N=C(\C(=O)NC1C(=O)NC1COC(N)=O)c1csc(NC(=O)CCl)n1. The van der Waals surface area contributed by atoms with E-state index < -0.39 is 35.9 Å². The number of rotatable bonds is 8. The average molecular weight is 419 g/mol. The Kier molecular flexibility index (Phi) is 6.90. The first-order valence-corrected chi connectivity index (χ1v) is 8.73. The molecule has 14 heteroatoms. The topological polar surface area (TPSA) is 174 Å². The standard InChI is InChI=1S/C13H15ClN6O6S/c1-25-20-9(6-4-27-13(17-6)18-7(21)2-14)11(23)19-8-5(16-10(8)22)3-26-12(15)24/h4-5,8H,2-3H2,1H3,(H2,15,24)(H,16,22)(H,19,23)(H,17,18,21)/b20-9-. The molecule has 2 atom stereocenters. The van der Waals surface area contributed by atoms with Gasteiger partial charge in [-0.2, -0.15) is 0 Å². The summed E-state index contributed by atoms with van der Waals surface area (Å²) in [5, 5.41) is 12.6. The number of amides is 4. The Morgan fingerprint density at radius 3 is 2.81 bits per heavy atom. The van der Waals surface area contributed by atoms with Gasteiger partial charge >= 0.3 is 6.09 Å². The van der Waals surface area contributed by atoms with E-state index in [1.165, 1.54) is 12.5 Å². The minimum Gasteiger partial charge on any atom is -0.447 e. The van der Waals surface area contributed by atoms with Crippen molar-refractivity contribution in [2.75, 3.05) is 24.9 Å². The lowest BCUT2D eigenvalue weighted by Gasteiger charge is -2.36. The fraction of sp³-hybridized carbons (Fsp3) is 0.385. The summed E-state index contributed by atoms with van der Waals surface area (Å²) in [4.78, 5) is 54.8. The predicted octanol–water partition coefficient (Wildman–Crippen LogP) is -1.25. The van der Waals surface area contributed by atoms with Crippen LogP contribution in [0.3, 0.4) is 0 Å². The van der Waals surface area contributed by atoms with Crippen molar-refractivity contribution in [2.24, 2.45) is 10.9 Å². The molecule has 1 aliphatic heterocycles. The van der Waals surface area contributed by atoms with Gasteiger partial charge in [0.25, 0.3) is 5.91 Å². The highest BCUT2D eigenvalue weighted by atomic mass is 35.5. The largest absolute Gasteiger partial charge is 0.447 e. The highest BCUT2D eigenvalue weighted by Crippen LogP contribution is 2.17. The van der Waals surface area contributed by atoms with E-state index in [-0.39, 0.29) is 29.0 Å². The Morgan fingerprint density at radius 2 is 2.22 bits per heavy atom. The third-order valence-electron chi connectivity index (χ3n) is 3.22. The Bertz CT molecular complexity index is 783. The molecule has 12 nitrogen and oxygen atoms in total. The van der Waals surface area contributed by atoms with Crippen molar-refractivity contribution < 1.29 is 28.8 Å². The number of halogens is 1. The van der Waals surface area contributed by atoms with Crippen molar-refractivity contribution in [3.63, 3.8) is 0 Å². The van der Waals surface area contributed by atoms with E-state index in [4.69, 9.17) is 17.3 Å². The molecule has 0 aromatic carbocycles. The minimum absolute atomic E-state index is 0.119. The first kappa shape index (κ1) is 20.4. The Morgan fingerprint density at radius 1 is 1.48 bits per heavy atom. The fourth-order valence-corrected chi connectivity index (χ4v) is 2.79. The maximum absolute atomic E-state index is 12.5. The second kappa shape index (κ2) is 9.14. The van der Waals surface area contributed by atoms with Crippen molar-refractivity contribution >= 4 is 57.6 Å². The van der Waals surface area contributed by atoms with Crippen LogP contribution in [0.25, 0.3) is 0 Å². The number of nitrogens with two attached hydrogens (primary N) is 1. The van der Waals surface area contributed by atoms with Crippen LogP contribution in [0.15, 0.2) is 10.5 Å². The van der Waals surface area contributed by atoms with Gasteiger partial charge in [-0.1, -0.05) is 5.16 Å². The molecule has 1 aliphatic rings. The number of carbonyl (C=O) groups excluding carboxylic acids is 4. The molecule has 1 aromatic heterocycles. The zero-order chi connectivity index (χ0) is 20.0. The second-order valence-electron chi connectivity index (χ2n) is 5.04. The lowest BCUT2D eigenvalue weighted by atomic mass is 9.99. The molecule has 0 aliphatic carbocycles. The quantitative estimate of drug-likeness (QED) is 0.176. The summed E-state index contributed by atoms with van der Waals surface area (Å²) in [5.74, 6) is -1.93. The maximum Gasteiger partial charge on any atom is 0.404 e. The first-order valence-electron chi connectivity index (χ1n) is 7.32. The molecule has 2 rings (SSSR count). The average Bonchev–Trinajstić information content (AvgIpc) is 3.08. The molecule has 27 heavy (non-hydrogen) atoms. The van der Waals surface area contributed by atoms with E-state index in [1.807, 2.05) is 0 Å². The van der Waals surface area contributed by atoms with Crippen LogP contribution in [-0.2, 0) is 24.0 Å². The number of hydrogen-bond acceptors (Lipinski definition) is 9. The Balaban J connectivity index is 2.07. The van der Waals surface area contributed by atoms with E-state index in [1.54, 1.807) is 0 Å². The van der Waals surface area contributed by atoms with Crippen molar-refractivity contribution in [1.82, 2.24) is 15.6 Å². The number of nitrogens with one attached hydrogen (secondary N) is 3. The number of alkyl halides is 1. The summed E-state index contributed by atoms with van der Waals surface area (Å²) in [6.07, 6.45) is -1.00. The maximum atomic E-state index is 12.5. The number of primary amides is 1. The van der Waals surface area contributed by atoms with Gasteiger partial charge in [-0.3, -0.25) is 14.4 Å². The molecule has 1 fully saturated rings. The summed E-state index contributed by atoms with van der Waals surface area (Å²) in [6, 6.07) is -1.58. The smallest absolute Gasteiger partial charge is 0.404 e. The van der Waals surface area contributed by atoms with Gasteiger partial charge in [0.1, 0.15) is 31.3 Å². The molecule has 0 spiro atoms. The number of hydrogen-bond donors (Lipinski definition) is 4. The molecular weight excluding hydrogens is 404 g/mol. The van der Waals surface area contributed by atoms with Crippen LogP contribution in [-0.4, -0.2) is 66.2 Å². The summed E-state index contributed by atoms with van der Waals surface area (Å²) in [5.41, 5.74) is 4.78. The van der Waals surface area contributed by atoms with Gasteiger partial charge in [0.05, 0.1) is 6.04 Å². The van der Waals surface area contributed by atoms with Gasteiger partial charge in [0, 0.05) is 5.38 Å². The number of β-lactam (4-membered cyclic amide) rings is 1. The third-order valence-corrected chi connectivity index (χ3v) is 4.22. The fourth-order valence-electron chi connectivity index (χ4n) is 2.02. The summed E-state index contributed by atoms with van der Waals surface area (Å²) in [7, 11) is 1.23. The van der Waals surface area contributed by atoms with E-state index in [9.17, 15) is 19.2 Å². The van der Waals surface area contributed by atoms with E-state index >= 15 is 0 Å². The third kappa shape index (κ3) is 5.27. The number of thiazole rings is 1. The summed E-state index contributed by atoms with van der Waals surface area (Å²) in [6.45, 7) is -0.200. The molecule has 4 amide bonds. The normalized spacial score (nSPS) is 18.7. The zero-order valence-electron chi connectivity index (χ0n) is 13.9. The molecule has 0 saturated carbocycles. The number of aromatic nitrogens is 1. The van der Waals surface area contributed by atoms with Gasteiger partial charge in [-0.05, 0) is 0 Å². The molecule has 0 bridgehead atoms. The van der Waals surface area contributed by atoms with E-state index in [0.29, 0.717) is 0 Å². The first-order chi connectivity index (χ1) is 12.8. The van der Waals surface area contributed by atoms with Crippen molar-refractivity contribution in [2.45, 2.75) is 12.1 Å². The van der Waals surface area contributed by atoms with Crippen molar-refractivity contribution in [3.8, 4) is 0 Å². The van der Waals surface area contributed by atoms with E-state index in [0.717, 1.165) is 11.3 Å². The highest BCUT2D eigenvalue weighted by Gasteiger charge is 2.42. The van der Waals surface area contributed by atoms with Gasteiger partial charge < -0.3 is 31.3 Å². The molecule has 146 valence electrons. The molecule has 1 saturated heterocycles.